The van der Waals surface area contributed by atoms with E-state index in [-0.39, 0.29) is 29.8 Å². The molecule has 2 aliphatic rings. The van der Waals surface area contributed by atoms with E-state index in [9.17, 15) is 19.5 Å². The standard InChI is InChI=1S/C33H33ClN6O5/c1-37-17-24(15-28(32(37)43)36-30-9-7-21(16-35-30)31(42)39-10-12-45-13-11-39)26-4-3-5-29(27(26)20-41)38(2)33(44)40-18-22-6-8-25(34)14-23(22)19-40/h3-9,14-17,41H,10-13,18-20H2,1-2H3,(H,35,36). The predicted octanol–water partition coefficient (Wildman–Crippen LogP) is 4.38. The predicted molar refractivity (Wildman–Crippen MR) is 172 cm³/mol. The van der Waals surface area contributed by atoms with Gasteiger partial charge in [-0.05, 0) is 53.1 Å². The maximum absolute atomic E-state index is 13.6. The molecule has 4 aromatic rings. The molecule has 0 bridgehead atoms. The number of benzene rings is 2. The summed E-state index contributed by atoms with van der Waals surface area (Å²) < 4.78 is 6.77. The maximum atomic E-state index is 13.6. The highest BCUT2D eigenvalue weighted by atomic mass is 35.5. The minimum Gasteiger partial charge on any atom is -0.392 e. The van der Waals surface area contributed by atoms with Crippen LogP contribution in [-0.2, 0) is 31.5 Å². The number of fused-ring (bicyclic) bond motifs is 1. The van der Waals surface area contributed by atoms with Crippen LogP contribution in [0, 0.1) is 0 Å². The Morgan fingerprint density at radius 1 is 1.04 bits per heavy atom. The van der Waals surface area contributed by atoms with Crippen molar-refractivity contribution in [1.29, 1.82) is 0 Å². The van der Waals surface area contributed by atoms with Gasteiger partial charge in [-0.25, -0.2) is 9.78 Å². The first-order valence-corrected chi connectivity index (χ1v) is 14.9. The van der Waals surface area contributed by atoms with Crippen molar-refractivity contribution in [3.63, 3.8) is 0 Å². The summed E-state index contributed by atoms with van der Waals surface area (Å²) in [5.41, 5.74) is 4.93. The van der Waals surface area contributed by atoms with E-state index >= 15 is 0 Å². The number of anilines is 3. The summed E-state index contributed by atoms with van der Waals surface area (Å²) in [6.07, 6.45) is 3.17. The Bertz CT molecular complexity index is 1820. The molecule has 0 aliphatic carbocycles. The van der Waals surface area contributed by atoms with E-state index in [1.165, 1.54) is 15.7 Å². The van der Waals surface area contributed by atoms with Gasteiger partial charge in [0, 0.05) is 68.8 Å². The zero-order valence-corrected chi connectivity index (χ0v) is 25.8. The Labute approximate surface area is 265 Å². The highest BCUT2D eigenvalue weighted by Gasteiger charge is 2.28. The molecular weight excluding hydrogens is 596 g/mol. The van der Waals surface area contributed by atoms with E-state index in [1.807, 2.05) is 30.3 Å². The number of morpholine rings is 1. The molecule has 0 radical (unpaired) electrons. The number of nitrogens with zero attached hydrogens (tertiary/aromatic N) is 5. The molecule has 45 heavy (non-hydrogen) atoms. The van der Waals surface area contributed by atoms with Crippen LogP contribution in [0.3, 0.4) is 0 Å². The van der Waals surface area contributed by atoms with Crippen molar-refractivity contribution in [2.75, 3.05) is 43.6 Å². The Hall–Kier alpha value is -4.71. The molecule has 232 valence electrons. The lowest BCUT2D eigenvalue weighted by molar-refractivity contribution is 0.0302. The zero-order valence-electron chi connectivity index (χ0n) is 25.0. The molecule has 1 fully saturated rings. The van der Waals surface area contributed by atoms with Crippen molar-refractivity contribution in [3.8, 4) is 11.1 Å². The number of aliphatic hydroxyl groups excluding tert-OH is 1. The van der Waals surface area contributed by atoms with Gasteiger partial charge in [0.1, 0.15) is 11.5 Å². The third kappa shape index (κ3) is 6.15. The number of aryl methyl sites for hydroxylation is 1. The molecule has 2 aromatic heterocycles. The molecule has 2 aromatic carbocycles. The largest absolute Gasteiger partial charge is 0.392 e. The normalized spacial score (nSPS) is 14.3. The smallest absolute Gasteiger partial charge is 0.324 e. The second-order valence-corrected chi connectivity index (χ2v) is 11.5. The van der Waals surface area contributed by atoms with Gasteiger partial charge in [0.15, 0.2) is 0 Å². The van der Waals surface area contributed by atoms with Crippen LogP contribution in [-0.4, -0.2) is 69.7 Å². The molecule has 3 amide bonds. The number of ether oxygens (including phenoxy) is 1. The molecule has 6 rings (SSSR count). The average Bonchev–Trinajstić information content (AvgIpc) is 3.49. The molecule has 0 saturated carbocycles. The van der Waals surface area contributed by atoms with Crippen LogP contribution in [0.5, 0.6) is 0 Å². The van der Waals surface area contributed by atoms with Crippen molar-refractivity contribution < 1.29 is 19.4 Å². The monoisotopic (exact) mass is 628 g/mol. The molecule has 0 atom stereocenters. The molecule has 4 heterocycles. The van der Waals surface area contributed by atoms with E-state index in [0.29, 0.717) is 78.2 Å². The number of hydrogen-bond acceptors (Lipinski definition) is 7. The van der Waals surface area contributed by atoms with E-state index in [4.69, 9.17) is 16.3 Å². The van der Waals surface area contributed by atoms with Gasteiger partial charge in [0.25, 0.3) is 11.5 Å². The number of pyridine rings is 2. The summed E-state index contributed by atoms with van der Waals surface area (Å²) in [5, 5.41) is 14.2. The first kappa shape index (κ1) is 30.3. The second-order valence-electron chi connectivity index (χ2n) is 11.1. The third-order valence-corrected chi connectivity index (χ3v) is 8.42. The van der Waals surface area contributed by atoms with Gasteiger partial charge in [-0.15, -0.1) is 0 Å². The van der Waals surface area contributed by atoms with Crippen LogP contribution in [0.15, 0.2) is 71.8 Å². The number of carbonyl (C=O) groups excluding carboxylic acids is 2. The lowest BCUT2D eigenvalue weighted by Gasteiger charge is -2.27. The number of nitrogens with one attached hydrogen (secondary N) is 1. The Balaban J connectivity index is 1.24. The van der Waals surface area contributed by atoms with E-state index in [2.05, 4.69) is 10.3 Å². The highest BCUT2D eigenvalue weighted by Crippen LogP contribution is 2.34. The van der Waals surface area contributed by atoms with Crippen molar-refractivity contribution >= 4 is 40.7 Å². The molecule has 1 saturated heterocycles. The molecule has 2 aliphatic heterocycles. The lowest BCUT2D eigenvalue weighted by Crippen LogP contribution is -2.40. The van der Waals surface area contributed by atoms with Crippen molar-refractivity contribution in [2.45, 2.75) is 19.7 Å². The number of aliphatic hydroxyl groups is 1. The summed E-state index contributed by atoms with van der Waals surface area (Å²) in [4.78, 5) is 48.8. The minimum absolute atomic E-state index is 0.117. The number of hydrogen-bond donors (Lipinski definition) is 2. The number of aromatic nitrogens is 2. The summed E-state index contributed by atoms with van der Waals surface area (Å²) in [5.74, 6) is 0.283. The summed E-state index contributed by atoms with van der Waals surface area (Å²) in [6, 6.07) is 15.9. The molecule has 12 heteroatoms. The average molecular weight is 629 g/mol. The zero-order chi connectivity index (χ0) is 31.7. The molecule has 0 unspecified atom stereocenters. The Morgan fingerprint density at radius 2 is 1.82 bits per heavy atom. The second kappa shape index (κ2) is 12.7. The number of amides is 3. The number of halogens is 1. The summed E-state index contributed by atoms with van der Waals surface area (Å²) in [6.45, 7) is 2.67. The third-order valence-electron chi connectivity index (χ3n) is 8.18. The van der Waals surface area contributed by atoms with Crippen molar-refractivity contribution in [2.24, 2.45) is 7.05 Å². The van der Waals surface area contributed by atoms with Gasteiger partial charge < -0.3 is 29.5 Å². The van der Waals surface area contributed by atoms with Crippen LogP contribution in [0.1, 0.15) is 27.0 Å². The van der Waals surface area contributed by atoms with Gasteiger partial charge >= 0.3 is 6.03 Å². The maximum Gasteiger partial charge on any atom is 0.324 e. The van der Waals surface area contributed by atoms with E-state index < -0.39 is 0 Å². The SMILES string of the molecule is CN(C(=O)N1Cc2ccc(Cl)cc2C1)c1cccc(-c2cc(Nc3ccc(C(=O)N4CCOCC4)cn3)c(=O)n(C)c2)c1CO. The van der Waals surface area contributed by atoms with Crippen LogP contribution >= 0.6 is 11.6 Å². The Morgan fingerprint density at radius 3 is 2.56 bits per heavy atom. The molecule has 0 spiro atoms. The number of carbonyl (C=O) groups is 2. The van der Waals surface area contributed by atoms with Gasteiger partial charge in [0.2, 0.25) is 0 Å². The van der Waals surface area contributed by atoms with Gasteiger partial charge in [-0.1, -0.05) is 29.8 Å². The van der Waals surface area contributed by atoms with Crippen LogP contribution in [0.25, 0.3) is 11.1 Å². The minimum atomic E-state index is -0.329. The van der Waals surface area contributed by atoms with Crippen LogP contribution < -0.4 is 15.8 Å². The van der Waals surface area contributed by atoms with E-state index in [1.54, 1.807) is 54.4 Å². The van der Waals surface area contributed by atoms with E-state index in [0.717, 1.165) is 11.1 Å². The van der Waals surface area contributed by atoms with Gasteiger partial charge in [-0.2, -0.15) is 0 Å². The van der Waals surface area contributed by atoms with Crippen molar-refractivity contribution in [1.82, 2.24) is 19.4 Å². The quantitative estimate of drug-likeness (QED) is 0.325. The van der Waals surface area contributed by atoms with Crippen LogP contribution in [0.4, 0.5) is 22.0 Å². The fraction of sp³-hybridized carbons (Fsp3) is 0.273. The number of urea groups is 1. The summed E-state index contributed by atoms with van der Waals surface area (Å²) in [7, 11) is 3.33. The van der Waals surface area contributed by atoms with Crippen molar-refractivity contribution in [3.05, 3.63) is 105 Å². The van der Waals surface area contributed by atoms with Gasteiger partial charge in [-0.3, -0.25) is 14.5 Å². The first-order valence-electron chi connectivity index (χ1n) is 14.6. The number of rotatable bonds is 6. The fourth-order valence-corrected chi connectivity index (χ4v) is 5.96. The Kier molecular flexibility index (Phi) is 8.57. The lowest BCUT2D eigenvalue weighted by atomic mass is 9.99. The summed E-state index contributed by atoms with van der Waals surface area (Å²) >= 11 is 6.16. The topological polar surface area (TPSA) is 120 Å². The molecule has 2 N–H and O–H groups in total. The highest BCUT2D eigenvalue weighted by molar-refractivity contribution is 6.30. The first-order chi connectivity index (χ1) is 21.7. The molecule has 11 nitrogen and oxygen atoms in total. The van der Waals surface area contributed by atoms with Crippen LogP contribution in [0.2, 0.25) is 5.02 Å². The fourth-order valence-electron chi connectivity index (χ4n) is 5.77. The van der Waals surface area contributed by atoms with Gasteiger partial charge in [0.05, 0.1) is 31.1 Å². The molecular formula is C33H33ClN6O5.